The monoisotopic (exact) mass is 484 g/mol. The average Bonchev–Trinajstić information content (AvgIpc) is 3.50. The molecule has 0 aliphatic carbocycles. The molecule has 0 unspecified atom stereocenters. The number of aromatic nitrogens is 7. The highest BCUT2D eigenvalue weighted by molar-refractivity contribution is 8.01. The van der Waals surface area contributed by atoms with Crippen LogP contribution >= 0.6 is 11.9 Å². The average molecular weight is 485 g/mol. The zero-order valence-electron chi connectivity index (χ0n) is 19.3. The topological polar surface area (TPSA) is 105 Å². The number of rotatable bonds is 10. The van der Waals surface area contributed by atoms with E-state index in [1.54, 1.807) is 14.2 Å². The van der Waals surface area contributed by atoms with Crippen LogP contribution in [-0.2, 0) is 13.0 Å². The maximum Gasteiger partial charge on any atom is 0.239 e. The molecule has 12 heteroatoms. The van der Waals surface area contributed by atoms with Crippen molar-refractivity contribution < 1.29 is 13.9 Å². The van der Waals surface area contributed by atoms with E-state index < -0.39 is 5.82 Å². The first-order valence-corrected chi connectivity index (χ1v) is 11.5. The van der Waals surface area contributed by atoms with Crippen LogP contribution < -0.4 is 14.2 Å². The lowest BCUT2D eigenvalue weighted by molar-refractivity contribution is 0.391. The fourth-order valence-corrected chi connectivity index (χ4v) is 4.00. The van der Waals surface area contributed by atoms with Gasteiger partial charge >= 0.3 is 0 Å². The Morgan fingerprint density at radius 2 is 1.79 bits per heavy atom. The molecular weight excluding hydrogens is 459 g/mol. The second kappa shape index (κ2) is 10.5. The summed E-state index contributed by atoms with van der Waals surface area (Å²) >= 11 is 1.43. The highest BCUT2D eigenvalue weighted by Gasteiger charge is 2.24. The first-order chi connectivity index (χ1) is 16.5. The first-order valence-electron chi connectivity index (χ1n) is 10.6. The Morgan fingerprint density at radius 1 is 1.09 bits per heavy atom. The first kappa shape index (κ1) is 23.5. The molecule has 1 atom stereocenters. The number of nitrogens with zero attached hydrogens (tertiary/aromatic N) is 7. The van der Waals surface area contributed by atoms with Crippen LogP contribution in [0, 0.1) is 5.82 Å². The summed E-state index contributed by atoms with van der Waals surface area (Å²) in [5.41, 5.74) is 1.31. The smallest absolute Gasteiger partial charge is 0.239 e. The number of hydrogen-bond acceptors (Lipinski definition) is 9. The van der Waals surface area contributed by atoms with Crippen LogP contribution in [0.4, 0.5) is 10.3 Å². The number of ether oxygens (including phenoxy) is 2. The van der Waals surface area contributed by atoms with Gasteiger partial charge in [-0.2, -0.15) is 5.10 Å². The lowest BCUT2D eigenvalue weighted by atomic mass is 10.2. The van der Waals surface area contributed by atoms with Crippen molar-refractivity contribution in [2.45, 2.75) is 32.1 Å². The van der Waals surface area contributed by atoms with E-state index in [9.17, 15) is 4.39 Å². The number of para-hydroxylation sites is 1. The largest absolute Gasteiger partial charge is 0.494 e. The molecule has 0 aliphatic rings. The van der Waals surface area contributed by atoms with Crippen LogP contribution in [0.2, 0.25) is 0 Å². The number of aryl methyl sites for hydroxylation is 1. The van der Waals surface area contributed by atoms with Crippen LogP contribution in [0.15, 0.2) is 42.9 Å². The molecule has 3 heterocycles. The van der Waals surface area contributed by atoms with E-state index in [0.717, 1.165) is 6.54 Å². The minimum Gasteiger partial charge on any atom is -0.494 e. The Hall–Kier alpha value is -3.67. The molecule has 0 saturated heterocycles. The molecule has 10 nitrogen and oxygen atoms in total. The summed E-state index contributed by atoms with van der Waals surface area (Å²) in [6, 6.07) is 7.43. The van der Waals surface area contributed by atoms with Crippen molar-refractivity contribution in [1.82, 2.24) is 34.5 Å². The standard InChI is InChI=1S/C22H25FN8O2S/c1-5-30-10-9-16(28-30)21-26-27-22(29-34-14(2)11-19-24-12-15(23)13-25-19)31(21)20-17(32-3)7-6-8-18(20)33-4/h6-10,12-14H,5,11H2,1-4H3,(H,27,29)/t14-/m1/s1. The molecule has 3 aromatic heterocycles. The van der Waals surface area contributed by atoms with Gasteiger partial charge in [-0.1, -0.05) is 13.0 Å². The van der Waals surface area contributed by atoms with Gasteiger partial charge in [-0.25, -0.2) is 14.4 Å². The third-order valence-corrected chi connectivity index (χ3v) is 5.85. The molecular formula is C22H25FN8O2S. The van der Waals surface area contributed by atoms with Gasteiger partial charge in [0.25, 0.3) is 0 Å². The minimum absolute atomic E-state index is 0.0536. The maximum absolute atomic E-state index is 13.1. The van der Waals surface area contributed by atoms with E-state index in [2.05, 4.69) is 30.0 Å². The SMILES string of the molecule is CCn1ccc(-c2nnc(NS[C@H](C)Cc3ncc(F)cn3)n2-c2c(OC)cccc2OC)n1. The molecule has 4 rings (SSSR count). The van der Waals surface area contributed by atoms with E-state index in [4.69, 9.17) is 9.47 Å². The van der Waals surface area contributed by atoms with Crippen LogP contribution in [-0.4, -0.2) is 54.0 Å². The minimum atomic E-state index is -0.459. The van der Waals surface area contributed by atoms with Gasteiger partial charge in [-0.3, -0.25) is 14.0 Å². The molecule has 34 heavy (non-hydrogen) atoms. The second-order valence-electron chi connectivity index (χ2n) is 7.30. The summed E-state index contributed by atoms with van der Waals surface area (Å²) in [5, 5.41) is 13.5. The van der Waals surface area contributed by atoms with Crippen LogP contribution in [0.5, 0.6) is 11.5 Å². The lowest BCUT2D eigenvalue weighted by Gasteiger charge is -2.18. The molecule has 4 aromatic rings. The lowest BCUT2D eigenvalue weighted by Crippen LogP contribution is -2.11. The van der Waals surface area contributed by atoms with Crippen molar-refractivity contribution in [2.75, 3.05) is 18.9 Å². The van der Waals surface area contributed by atoms with Gasteiger partial charge in [-0.05, 0) is 37.1 Å². The zero-order chi connectivity index (χ0) is 24.1. The molecule has 0 spiro atoms. The Bertz CT molecular complexity index is 1220. The van der Waals surface area contributed by atoms with Crippen molar-refractivity contribution in [1.29, 1.82) is 0 Å². The van der Waals surface area contributed by atoms with Crippen molar-refractivity contribution in [3.05, 3.63) is 54.5 Å². The highest BCUT2D eigenvalue weighted by atomic mass is 32.2. The van der Waals surface area contributed by atoms with Gasteiger partial charge in [-0.15, -0.1) is 10.2 Å². The molecule has 0 aliphatic heterocycles. The number of methoxy groups -OCH3 is 2. The highest BCUT2D eigenvalue weighted by Crippen LogP contribution is 2.37. The second-order valence-corrected chi connectivity index (χ2v) is 8.55. The molecule has 0 bridgehead atoms. The van der Waals surface area contributed by atoms with Gasteiger partial charge in [0.05, 0.1) is 26.6 Å². The maximum atomic E-state index is 13.1. The Morgan fingerprint density at radius 3 is 2.41 bits per heavy atom. The van der Waals surface area contributed by atoms with Crippen LogP contribution in [0.25, 0.3) is 17.2 Å². The summed E-state index contributed by atoms with van der Waals surface area (Å²) in [5.74, 6) is 2.29. The molecule has 0 fully saturated rings. The van der Waals surface area contributed by atoms with E-state index in [-0.39, 0.29) is 5.25 Å². The molecule has 1 N–H and O–H groups in total. The van der Waals surface area contributed by atoms with E-state index in [0.29, 0.717) is 46.9 Å². The predicted molar refractivity (Wildman–Crippen MR) is 128 cm³/mol. The van der Waals surface area contributed by atoms with E-state index in [1.807, 2.05) is 53.6 Å². The van der Waals surface area contributed by atoms with Gasteiger partial charge in [0.15, 0.2) is 11.6 Å². The van der Waals surface area contributed by atoms with E-state index in [1.165, 1.54) is 24.3 Å². The van der Waals surface area contributed by atoms with Crippen molar-refractivity contribution in [2.24, 2.45) is 0 Å². The third-order valence-electron chi connectivity index (χ3n) is 4.98. The third kappa shape index (κ3) is 4.96. The molecule has 0 radical (unpaired) electrons. The Kier molecular flexibility index (Phi) is 7.26. The zero-order valence-corrected chi connectivity index (χ0v) is 20.1. The predicted octanol–water partition coefficient (Wildman–Crippen LogP) is 3.79. The number of halogens is 1. The van der Waals surface area contributed by atoms with Crippen LogP contribution in [0.1, 0.15) is 19.7 Å². The molecule has 1 aromatic carbocycles. The summed E-state index contributed by atoms with van der Waals surface area (Å²) in [6.45, 7) is 4.76. The van der Waals surface area contributed by atoms with E-state index >= 15 is 0 Å². The normalized spacial score (nSPS) is 11.9. The number of benzene rings is 1. The van der Waals surface area contributed by atoms with Crippen molar-refractivity contribution in [3.63, 3.8) is 0 Å². The van der Waals surface area contributed by atoms with Gasteiger partial charge in [0, 0.05) is 24.4 Å². The summed E-state index contributed by atoms with van der Waals surface area (Å²) < 4.78 is 31.3. The molecule has 0 amide bonds. The number of anilines is 1. The van der Waals surface area contributed by atoms with Crippen molar-refractivity contribution in [3.8, 4) is 28.7 Å². The Balaban J connectivity index is 1.69. The quantitative estimate of drug-likeness (QED) is 0.337. The van der Waals surface area contributed by atoms with Crippen molar-refractivity contribution >= 4 is 17.9 Å². The summed E-state index contributed by atoms with van der Waals surface area (Å²) in [4.78, 5) is 8.07. The molecule has 0 saturated carbocycles. The Labute approximate surface area is 200 Å². The number of nitrogens with one attached hydrogen (secondary N) is 1. The number of hydrogen-bond donors (Lipinski definition) is 1. The van der Waals surface area contributed by atoms with Crippen LogP contribution in [0.3, 0.4) is 0 Å². The van der Waals surface area contributed by atoms with Gasteiger partial charge in [0.1, 0.15) is 28.7 Å². The molecule has 178 valence electrons. The van der Waals surface area contributed by atoms with Gasteiger partial charge in [0.2, 0.25) is 5.95 Å². The summed E-state index contributed by atoms with van der Waals surface area (Å²) in [6.07, 6.45) is 4.76. The fourth-order valence-electron chi connectivity index (χ4n) is 3.33. The fraction of sp³-hybridized carbons (Fsp3) is 0.318. The van der Waals surface area contributed by atoms with Gasteiger partial charge < -0.3 is 9.47 Å². The summed E-state index contributed by atoms with van der Waals surface area (Å²) in [7, 11) is 3.20.